The minimum Gasteiger partial charge on any atom is -0.319 e. The number of aromatic nitrogens is 2. The maximum atomic E-state index is 12.6. The van der Waals surface area contributed by atoms with E-state index in [0.717, 1.165) is 16.7 Å². The minimum atomic E-state index is -0.252. The molecule has 0 aliphatic carbocycles. The van der Waals surface area contributed by atoms with Gasteiger partial charge in [-0.05, 0) is 17.7 Å². The Labute approximate surface area is 160 Å². The molecule has 2 heterocycles. The van der Waals surface area contributed by atoms with Crippen molar-refractivity contribution in [2.24, 2.45) is 4.99 Å². The van der Waals surface area contributed by atoms with Crippen LogP contribution < -0.4 is 5.56 Å². The number of ketones is 1. The summed E-state index contributed by atoms with van der Waals surface area (Å²) in [5.74, 6) is -0.0224. The minimum absolute atomic E-state index is 0.0224. The molecular formula is C23H15N3O2. The maximum Gasteiger partial charge on any atom is 0.274 e. The van der Waals surface area contributed by atoms with E-state index >= 15 is 0 Å². The van der Waals surface area contributed by atoms with Crippen LogP contribution in [0.3, 0.4) is 0 Å². The molecule has 0 saturated carbocycles. The van der Waals surface area contributed by atoms with Crippen LogP contribution in [0, 0.1) is 0 Å². The van der Waals surface area contributed by atoms with Crippen LogP contribution in [0.4, 0.5) is 5.69 Å². The molecule has 0 atom stereocenters. The molecular weight excluding hydrogens is 350 g/mol. The van der Waals surface area contributed by atoms with Gasteiger partial charge in [-0.2, -0.15) is 0 Å². The molecule has 5 heteroatoms. The highest BCUT2D eigenvalue weighted by atomic mass is 16.1. The van der Waals surface area contributed by atoms with Gasteiger partial charge in [-0.15, -0.1) is 0 Å². The third-order valence-corrected chi connectivity index (χ3v) is 4.83. The van der Waals surface area contributed by atoms with E-state index in [1.54, 1.807) is 6.07 Å². The van der Waals surface area contributed by atoms with Gasteiger partial charge in [0.2, 0.25) is 0 Å². The number of Topliss-reactive ketones (excluding diaryl/α,β-unsaturated/α-hetero) is 1. The molecule has 0 spiro atoms. The summed E-state index contributed by atoms with van der Waals surface area (Å²) in [6.45, 7) is 0. The predicted molar refractivity (Wildman–Crippen MR) is 109 cm³/mol. The molecule has 1 aliphatic rings. The lowest BCUT2D eigenvalue weighted by atomic mass is 9.95. The molecule has 0 bridgehead atoms. The third kappa shape index (κ3) is 2.74. The summed E-state index contributed by atoms with van der Waals surface area (Å²) < 4.78 is 0. The number of rotatable bonds is 2. The lowest BCUT2D eigenvalue weighted by Gasteiger charge is -2.15. The van der Waals surface area contributed by atoms with Crippen LogP contribution in [0.1, 0.15) is 11.1 Å². The summed E-state index contributed by atoms with van der Waals surface area (Å²) in [6.07, 6.45) is 0.264. The normalized spacial score (nSPS) is 13.3. The Morgan fingerprint density at radius 2 is 1.50 bits per heavy atom. The van der Waals surface area contributed by atoms with Crippen molar-refractivity contribution >= 4 is 28.2 Å². The second-order valence-electron chi connectivity index (χ2n) is 6.71. The molecule has 0 amide bonds. The van der Waals surface area contributed by atoms with Crippen LogP contribution in [-0.4, -0.2) is 21.5 Å². The molecule has 1 aliphatic heterocycles. The van der Waals surface area contributed by atoms with Crippen molar-refractivity contribution in [2.45, 2.75) is 6.42 Å². The van der Waals surface area contributed by atoms with Crippen molar-refractivity contribution < 1.29 is 4.79 Å². The first kappa shape index (κ1) is 16.3. The van der Waals surface area contributed by atoms with Crippen molar-refractivity contribution in [3.05, 3.63) is 94.3 Å². The number of carbonyl (C=O) groups is 1. The number of hydrogen-bond donors (Lipinski definition) is 1. The van der Waals surface area contributed by atoms with Gasteiger partial charge >= 0.3 is 0 Å². The van der Waals surface area contributed by atoms with Crippen LogP contribution in [0.15, 0.2) is 82.6 Å². The van der Waals surface area contributed by atoms with Gasteiger partial charge in [0.1, 0.15) is 11.4 Å². The number of carbonyl (C=O) groups excluding carboxylic acids is 1. The first-order valence-electron chi connectivity index (χ1n) is 8.99. The zero-order valence-electron chi connectivity index (χ0n) is 14.8. The molecule has 3 aromatic carbocycles. The van der Waals surface area contributed by atoms with Gasteiger partial charge in [0.15, 0.2) is 5.78 Å². The molecule has 0 radical (unpaired) electrons. The van der Waals surface area contributed by atoms with Gasteiger partial charge in [0.25, 0.3) is 5.56 Å². The highest BCUT2D eigenvalue weighted by Gasteiger charge is 2.22. The van der Waals surface area contributed by atoms with Crippen LogP contribution in [-0.2, 0) is 11.2 Å². The molecule has 0 unspecified atom stereocenters. The molecule has 1 N–H and O–H groups in total. The number of H-pyrrole nitrogens is 1. The van der Waals surface area contributed by atoms with E-state index in [1.165, 1.54) is 0 Å². The average molecular weight is 365 g/mol. The van der Waals surface area contributed by atoms with Gasteiger partial charge in [0, 0.05) is 17.5 Å². The molecule has 0 fully saturated rings. The van der Waals surface area contributed by atoms with Crippen molar-refractivity contribution in [1.29, 1.82) is 0 Å². The van der Waals surface area contributed by atoms with Crippen LogP contribution >= 0.6 is 0 Å². The molecule has 4 aromatic rings. The summed E-state index contributed by atoms with van der Waals surface area (Å²) in [7, 11) is 0. The zero-order chi connectivity index (χ0) is 19.1. The highest BCUT2D eigenvalue weighted by Crippen LogP contribution is 2.30. The molecule has 5 rings (SSSR count). The number of benzene rings is 3. The smallest absolute Gasteiger partial charge is 0.274 e. The van der Waals surface area contributed by atoms with Gasteiger partial charge < -0.3 is 4.98 Å². The summed E-state index contributed by atoms with van der Waals surface area (Å²) in [5.41, 5.74) is 4.86. The molecule has 1 aromatic heterocycles. The topological polar surface area (TPSA) is 75.2 Å². The number of aliphatic imine (C=N–C) groups is 1. The van der Waals surface area contributed by atoms with E-state index < -0.39 is 0 Å². The van der Waals surface area contributed by atoms with E-state index in [9.17, 15) is 9.59 Å². The van der Waals surface area contributed by atoms with E-state index in [1.807, 2.05) is 66.7 Å². The zero-order valence-corrected chi connectivity index (χ0v) is 14.8. The number of fused-ring (bicyclic) bond motifs is 2. The van der Waals surface area contributed by atoms with Crippen LogP contribution in [0.5, 0.6) is 0 Å². The molecule has 5 nitrogen and oxygen atoms in total. The fourth-order valence-corrected chi connectivity index (χ4v) is 3.46. The van der Waals surface area contributed by atoms with E-state index in [2.05, 4.69) is 15.0 Å². The summed E-state index contributed by atoms with van der Waals surface area (Å²) in [4.78, 5) is 37.2. The maximum absolute atomic E-state index is 12.6. The Morgan fingerprint density at radius 3 is 2.21 bits per heavy atom. The molecule has 28 heavy (non-hydrogen) atoms. The van der Waals surface area contributed by atoms with Crippen molar-refractivity contribution in [3.63, 3.8) is 0 Å². The van der Waals surface area contributed by atoms with Crippen LogP contribution in [0.2, 0.25) is 0 Å². The van der Waals surface area contributed by atoms with Gasteiger partial charge in [-0.25, -0.2) is 9.98 Å². The number of nitrogens with one attached hydrogen (secondary N) is 1. The summed E-state index contributed by atoms with van der Waals surface area (Å²) in [5, 5.41) is 0. The van der Waals surface area contributed by atoms with Gasteiger partial charge in [-0.3, -0.25) is 9.59 Å². The highest BCUT2D eigenvalue weighted by molar-refractivity contribution is 6.47. The fourth-order valence-electron chi connectivity index (χ4n) is 3.46. The molecule has 0 saturated heterocycles. The van der Waals surface area contributed by atoms with Crippen LogP contribution in [0.25, 0.3) is 22.3 Å². The van der Waals surface area contributed by atoms with Crippen molar-refractivity contribution in [1.82, 2.24) is 9.97 Å². The number of hydrogen-bond acceptors (Lipinski definition) is 4. The number of aromatic amines is 1. The van der Waals surface area contributed by atoms with Crippen molar-refractivity contribution in [2.75, 3.05) is 0 Å². The van der Waals surface area contributed by atoms with E-state index in [0.29, 0.717) is 28.1 Å². The average Bonchev–Trinajstić information content (AvgIpc) is 2.73. The van der Waals surface area contributed by atoms with Crippen molar-refractivity contribution in [3.8, 4) is 11.3 Å². The Morgan fingerprint density at radius 1 is 0.821 bits per heavy atom. The fraction of sp³-hybridized carbons (Fsp3) is 0.0435. The summed E-state index contributed by atoms with van der Waals surface area (Å²) >= 11 is 0. The first-order valence-corrected chi connectivity index (χ1v) is 8.99. The second-order valence-corrected chi connectivity index (χ2v) is 6.71. The van der Waals surface area contributed by atoms with Gasteiger partial charge in [-0.1, -0.05) is 60.7 Å². The van der Waals surface area contributed by atoms with E-state index in [4.69, 9.17) is 0 Å². The largest absolute Gasteiger partial charge is 0.319 e. The first-order chi connectivity index (χ1) is 13.7. The third-order valence-electron chi connectivity index (χ3n) is 4.83. The Kier molecular flexibility index (Phi) is 3.72. The SMILES string of the molecule is O=C1Cc2cc3nc(-c4ccccc4)c(=O)[nH]c3cc2N=C1c1ccccc1. The monoisotopic (exact) mass is 365 g/mol. The molecule has 134 valence electrons. The second kappa shape index (κ2) is 6.39. The standard InChI is InChI=1S/C23H15N3O2/c27-20-12-16-11-18-19(13-17(16)24-21(20)14-7-3-1-4-8-14)26-23(28)22(25-18)15-9-5-2-6-10-15/h1-11,13H,12H2,(H,26,28). The quantitative estimate of drug-likeness (QED) is 0.586. The lowest BCUT2D eigenvalue weighted by molar-refractivity contribution is -0.112. The van der Waals surface area contributed by atoms with E-state index in [-0.39, 0.29) is 17.8 Å². The Bertz CT molecular complexity index is 1310. The Balaban J connectivity index is 1.67. The lowest BCUT2D eigenvalue weighted by Crippen LogP contribution is -2.21. The number of nitrogens with zero attached hydrogens (tertiary/aromatic N) is 2. The summed E-state index contributed by atoms with van der Waals surface area (Å²) in [6, 6.07) is 22.4. The predicted octanol–water partition coefficient (Wildman–Crippen LogP) is 3.84. The Hall–Kier alpha value is -3.86. The van der Waals surface area contributed by atoms with Gasteiger partial charge in [0.05, 0.1) is 16.7 Å².